The summed E-state index contributed by atoms with van der Waals surface area (Å²) in [5.41, 5.74) is 1.89. The van der Waals surface area contributed by atoms with Gasteiger partial charge in [-0.1, -0.05) is 74.5 Å². The van der Waals surface area contributed by atoms with Crippen molar-refractivity contribution in [3.8, 4) is 0 Å². The zero-order valence-corrected chi connectivity index (χ0v) is 25.1. The zero-order chi connectivity index (χ0) is 30.6. The first-order valence-electron chi connectivity index (χ1n) is 15.3. The van der Waals surface area contributed by atoms with Gasteiger partial charge in [0.05, 0.1) is 30.3 Å². The molecule has 4 heterocycles. The lowest BCUT2D eigenvalue weighted by molar-refractivity contribution is -0.154. The SMILES string of the molecule is CC1(C)C[C@@H]1C(=O)N1CC2(CN(C(=O)c3cnn(Cc4ccccc4)c3)CC2C(=O)N2C(=O)OCC2Cc2ccccc2)C1. The Morgan fingerprint density at radius 3 is 2.18 bits per heavy atom. The number of hydrogen-bond acceptors (Lipinski definition) is 6. The summed E-state index contributed by atoms with van der Waals surface area (Å²) in [6, 6.07) is 19.2. The second kappa shape index (κ2) is 10.6. The second-order valence-corrected chi connectivity index (χ2v) is 13.6. The molecule has 228 valence electrons. The molecule has 7 rings (SSSR count). The average molecular weight is 596 g/mol. The van der Waals surface area contributed by atoms with Crippen LogP contribution in [-0.2, 0) is 27.3 Å². The molecule has 0 N–H and O–H groups in total. The minimum absolute atomic E-state index is 0.00336. The lowest BCUT2D eigenvalue weighted by Crippen LogP contribution is -2.65. The number of rotatable bonds is 7. The summed E-state index contributed by atoms with van der Waals surface area (Å²) in [5, 5.41) is 4.41. The summed E-state index contributed by atoms with van der Waals surface area (Å²) in [7, 11) is 0. The third-order valence-electron chi connectivity index (χ3n) is 9.95. The highest BCUT2D eigenvalue weighted by molar-refractivity contribution is 5.98. The first kappa shape index (κ1) is 28.3. The first-order chi connectivity index (χ1) is 21.1. The number of aromatic nitrogens is 2. The molecule has 10 nitrogen and oxygen atoms in total. The van der Waals surface area contributed by atoms with E-state index >= 15 is 0 Å². The van der Waals surface area contributed by atoms with E-state index in [1.807, 2.05) is 65.6 Å². The van der Waals surface area contributed by atoms with Gasteiger partial charge in [-0.05, 0) is 29.4 Å². The monoisotopic (exact) mass is 595 g/mol. The Morgan fingerprint density at radius 2 is 1.52 bits per heavy atom. The molecule has 1 saturated carbocycles. The molecule has 10 heteroatoms. The van der Waals surface area contributed by atoms with Crippen molar-refractivity contribution in [3.05, 3.63) is 89.7 Å². The van der Waals surface area contributed by atoms with E-state index < -0.39 is 23.5 Å². The van der Waals surface area contributed by atoms with E-state index in [1.165, 1.54) is 4.90 Å². The normalized spacial score (nSPS) is 24.7. The number of carbonyl (C=O) groups is 4. The molecule has 1 aromatic heterocycles. The Labute approximate surface area is 256 Å². The predicted molar refractivity (Wildman–Crippen MR) is 160 cm³/mol. The molecule has 44 heavy (non-hydrogen) atoms. The van der Waals surface area contributed by atoms with Gasteiger partial charge in [-0.2, -0.15) is 5.10 Å². The van der Waals surface area contributed by atoms with Gasteiger partial charge in [-0.25, -0.2) is 9.69 Å². The minimum atomic E-state index is -0.648. The molecule has 4 aliphatic rings. The van der Waals surface area contributed by atoms with Gasteiger partial charge in [0, 0.05) is 43.7 Å². The van der Waals surface area contributed by atoms with E-state index in [1.54, 1.807) is 22.0 Å². The van der Waals surface area contributed by atoms with Crippen molar-refractivity contribution in [2.75, 3.05) is 32.8 Å². The number of nitrogens with zero attached hydrogens (tertiary/aromatic N) is 5. The van der Waals surface area contributed by atoms with Gasteiger partial charge in [0.25, 0.3) is 5.91 Å². The first-order valence-corrected chi connectivity index (χ1v) is 15.3. The van der Waals surface area contributed by atoms with Crippen molar-refractivity contribution in [1.29, 1.82) is 0 Å². The van der Waals surface area contributed by atoms with Crippen LogP contribution >= 0.6 is 0 Å². The lowest BCUT2D eigenvalue weighted by atomic mass is 9.70. The number of amides is 4. The summed E-state index contributed by atoms with van der Waals surface area (Å²) in [4.78, 5) is 59.0. The van der Waals surface area contributed by atoms with E-state index in [0.29, 0.717) is 38.2 Å². The van der Waals surface area contributed by atoms with Crippen LogP contribution in [0.5, 0.6) is 0 Å². The van der Waals surface area contributed by atoms with Crippen LogP contribution in [0.1, 0.15) is 41.8 Å². The number of imide groups is 1. The van der Waals surface area contributed by atoms with Gasteiger partial charge < -0.3 is 14.5 Å². The largest absolute Gasteiger partial charge is 0.447 e. The maximum Gasteiger partial charge on any atom is 0.416 e. The second-order valence-electron chi connectivity index (χ2n) is 13.6. The number of ether oxygens (including phenoxy) is 1. The highest BCUT2D eigenvalue weighted by Crippen LogP contribution is 2.55. The molecule has 2 aromatic carbocycles. The van der Waals surface area contributed by atoms with Crippen molar-refractivity contribution >= 4 is 23.8 Å². The molecule has 3 aromatic rings. The van der Waals surface area contributed by atoms with Crippen LogP contribution in [0.4, 0.5) is 4.79 Å². The molecule has 1 aliphatic carbocycles. The van der Waals surface area contributed by atoms with Gasteiger partial charge in [0.15, 0.2) is 0 Å². The summed E-state index contributed by atoms with van der Waals surface area (Å²) in [5.74, 6) is -1.07. The molecule has 0 radical (unpaired) electrons. The van der Waals surface area contributed by atoms with Gasteiger partial charge in [-0.15, -0.1) is 0 Å². The van der Waals surface area contributed by atoms with E-state index in [2.05, 4.69) is 18.9 Å². The van der Waals surface area contributed by atoms with E-state index in [0.717, 1.165) is 17.5 Å². The van der Waals surface area contributed by atoms with Crippen LogP contribution < -0.4 is 0 Å². The van der Waals surface area contributed by atoms with Gasteiger partial charge in [0.2, 0.25) is 11.8 Å². The fourth-order valence-electron chi connectivity index (χ4n) is 7.21. The van der Waals surface area contributed by atoms with Crippen molar-refractivity contribution in [3.63, 3.8) is 0 Å². The molecule has 3 atom stereocenters. The minimum Gasteiger partial charge on any atom is -0.447 e. The van der Waals surface area contributed by atoms with Crippen LogP contribution in [0, 0.1) is 22.7 Å². The van der Waals surface area contributed by atoms with Gasteiger partial charge in [0.1, 0.15) is 6.61 Å². The Kier molecular flexibility index (Phi) is 6.82. The smallest absolute Gasteiger partial charge is 0.416 e. The van der Waals surface area contributed by atoms with Crippen molar-refractivity contribution in [1.82, 2.24) is 24.5 Å². The Balaban J connectivity index is 1.11. The highest BCUT2D eigenvalue weighted by atomic mass is 16.6. The zero-order valence-electron chi connectivity index (χ0n) is 25.1. The van der Waals surface area contributed by atoms with Gasteiger partial charge >= 0.3 is 6.09 Å². The Hall–Kier alpha value is -4.47. The molecule has 3 aliphatic heterocycles. The number of benzene rings is 2. The van der Waals surface area contributed by atoms with Crippen LogP contribution in [0.25, 0.3) is 0 Å². The van der Waals surface area contributed by atoms with Crippen molar-refractivity contribution in [2.45, 2.75) is 39.3 Å². The van der Waals surface area contributed by atoms with Crippen LogP contribution in [0.15, 0.2) is 73.1 Å². The molecule has 4 fully saturated rings. The number of cyclic esters (lactones) is 1. The fourth-order valence-corrected chi connectivity index (χ4v) is 7.21. The maximum atomic E-state index is 14.3. The number of hydrogen-bond donors (Lipinski definition) is 0. The summed E-state index contributed by atoms with van der Waals surface area (Å²) in [6.07, 6.45) is 3.99. The Bertz CT molecular complexity index is 1600. The standard InChI is InChI=1S/C34H37N5O5/c1-33(2)14-27(33)30(41)37-21-34(22-37)20-36(29(40)25-15-35-38(17-25)16-24-11-7-4-8-12-24)18-28(34)31(42)39-26(19-44-32(39)43)13-23-9-5-3-6-10-23/h3-12,15,17,26-28H,13-14,16,18-22H2,1-2H3/t26?,27-,28?/m1/s1. The molecule has 2 unspecified atom stereocenters. The van der Waals surface area contributed by atoms with Crippen LogP contribution in [-0.4, -0.2) is 87.1 Å². The lowest BCUT2D eigenvalue weighted by Gasteiger charge is -2.51. The predicted octanol–water partition coefficient (Wildman–Crippen LogP) is 3.47. The van der Waals surface area contributed by atoms with Crippen molar-refractivity contribution in [2.24, 2.45) is 22.7 Å². The number of likely N-dealkylation sites (tertiary alicyclic amines) is 2. The summed E-state index contributed by atoms with van der Waals surface area (Å²) in [6.45, 7) is 6.12. The van der Waals surface area contributed by atoms with Crippen molar-refractivity contribution < 1.29 is 23.9 Å². The molecule has 1 spiro atoms. The maximum absolute atomic E-state index is 14.3. The Morgan fingerprint density at radius 1 is 0.886 bits per heavy atom. The summed E-state index contributed by atoms with van der Waals surface area (Å²) < 4.78 is 7.11. The molecule has 4 amide bonds. The van der Waals surface area contributed by atoms with Gasteiger partial charge in [-0.3, -0.25) is 19.1 Å². The molecular weight excluding hydrogens is 558 g/mol. The van der Waals surface area contributed by atoms with E-state index in [4.69, 9.17) is 4.74 Å². The third-order valence-corrected chi connectivity index (χ3v) is 9.95. The fraction of sp³-hybridized carbons (Fsp3) is 0.441. The summed E-state index contributed by atoms with van der Waals surface area (Å²) >= 11 is 0. The number of carbonyl (C=O) groups excluding carboxylic acids is 4. The molecule has 0 bridgehead atoms. The molecular formula is C34H37N5O5. The quantitative estimate of drug-likeness (QED) is 0.414. The third kappa shape index (κ3) is 5.06. The highest BCUT2D eigenvalue weighted by Gasteiger charge is 2.63. The molecule has 3 saturated heterocycles. The average Bonchev–Trinajstić information content (AvgIpc) is 3.39. The van der Waals surface area contributed by atoms with Crippen LogP contribution in [0.3, 0.4) is 0 Å². The van der Waals surface area contributed by atoms with E-state index in [9.17, 15) is 19.2 Å². The van der Waals surface area contributed by atoms with Crippen LogP contribution in [0.2, 0.25) is 0 Å². The van der Waals surface area contributed by atoms with E-state index in [-0.39, 0.29) is 42.2 Å². The topological polar surface area (TPSA) is 105 Å².